The summed E-state index contributed by atoms with van der Waals surface area (Å²) < 4.78 is -0.120. The Morgan fingerprint density at radius 1 is 1.33 bits per heavy atom. The van der Waals surface area contributed by atoms with E-state index in [0.29, 0.717) is 5.56 Å². The Kier molecular flexibility index (Phi) is 3.62. The normalized spacial score (nSPS) is 23.1. The fourth-order valence-electron chi connectivity index (χ4n) is 2.03. The molecule has 1 unspecified atom stereocenters. The fraction of sp³-hybridized carbons (Fsp3) is 0.267. The van der Waals surface area contributed by atoms with Gasteiger partial charge >= 0.3 is 0 Å². The van der Waals surface area contributed by atoms with E-state index in [1.807, 2.05) is 37.3 Å². The van der Waals surface area contributed by atoms with Gasteiger partial charge in [0.25, 0.3) is 5.91 Å². The van der Waals surface area contributed by atoms with Crippen molar-refractivity contribution >= 4 is 18.5 Å². The maximum atomic E-state index is 12.0. The summed E-state index contributed by atoms with van der Waals surface area (Å²) in [7, 11) is 0. The van der Waals surface area contributed by atoms with Crippen LogP contribution in [0.5, 0.6) is 0 Å². The van der Waals surface area contributed by atoms with Crippen LogP contribution in [0, 0.1) is 0 Å². The molecule has 3 heteroatoms. The van der Waals surface area contributed by atoms with Crippen LogP contribution in [0.2, 0.25) is 0 Å². The summed E-state index contributed by atoms with van der Waals surface area (Å²) in [5, 5.41) is 2.94. The molecular formula is C15H17NOS. The van der Waals surface area contributed by atoms with Gasteiger partial charge in [0, 0.05) is 16.0 Å². The largest absolute Gasteiger partial charge is 0.322 e. The predicted molar refractivity (Wildman–Crippen MR) is 77.8 cm³/mol. The van der Waals surface area contributed by atoms with Crippen LogP contribution in [-0.2, 0) is 0 Å². The zero-order chi connectivity index (χ0) is 13.2. The molecule has 0 aromatic heterocycles. The molecule has 1 aliphatic rings. The third-order valence-corrected chi connectivity index (χ3v) is 3.28. The van der Waals surface area contributed by atoms with Gasteiger partial charge in [-0.25, -0.2) is 0 Å². The van der Waals surface area contributed by atoms with Gasteiger partial charge in [-0.05, 0) is 44.1 Å². The number of amides is 1. The number of carbonyl (C=O) groups is 1. The second-order valence-electron chi connectivity index (χ2n) is 4.88. The lowest BCUT2D eigenvalue weighted by molar-refractivity contribution is 0.0966. The molecule has 1 aromatic rings. The zero-order valence-corrected chi connectivity index (χ0v) is 11.5. The highest BCUT2D eigenvalue weighted by Crippen LogP contribution is 2.30. The molecule has 0 saturated heterocycles. The van der Waals surface area contributed by atoms with Crippen LogP contribution < -0.4 is 5.32 Å². The van der Waals surface area contributed by atoms with Gasteiger partial charge in [0.15, 0.2) is 0 Å². The molecule has 94 valence electrons. The van der Waals surface area contributed by atoms with Gasteiger partial charge in [0.2, 0.25) is 0 Å². The molecule has 0 radical (unpaired) electrons. The van der Waals surface area contributed by atoms with Crippen LogP contribution in [0.1, 0.15) is 30.6 Å². The Morgan fingerprint density at radius 3 is 2.61 bits per heavy atom. The molecule has 0 bridgehead atoms. The second-order valence-corrected chi connectivity index (χ2v) is 5.90. The molecule has 0 spiro atoms. The van der Waals surface area contributed by atoms with Crippen molar-refractivity contribution in [3.05, 3.63) is 59.3 Å². The summed E-state index contributed by atoms with van der Waals surface area (Å²) in [5.41, 5.74) is 2.71. The van der Waals surface area contributed by atoms with Crippen molar-refractivity contribution in [2.45, 2.75) is 25.0 Å². The summed E-state index contributed by atoms with van der Waals surface area (Å²) in [6, 6.07) is 9.23. The Labute approximate surface area is 113 Å². The summed E-state index contributed by atoms with van der Waals surface area (Å²) >= 11 is 4.54. The summed E-state index contributed by atoms with van der Waals surface area (Å²) in [5.74, 6) is -0.0719. The number of carbonyl (C=O) groups excluding carboxylic acids is 1. The highest BCUT2D eigenvalue weighted by molar-refractivity contribution is 7.82. The Hall–Kier alpha value is -1.48. The molecule has 0 fully saturated rings. The number of hydrogen-bond donors (Lipinski definition) is 2. The average Bonchev–Trinajstić information content (AvgIpc) is 2.33. The van der Waals surface area contributed by atoms with Gasteiger partial charge in [0.1, 0.15) is 0 Å². The predicted octanol–water partition coefficient (Wildman–Crippen LogP) is 3.34. The lowest BCUT2D eigenvalue weighted by atomic mass is 9.94. The first kappa shape index (κ1) is 13.0. The van der Waals surface area contributed by atoms with Crippen molar-refractivity contribution in [3.8, 4) is 0 Å². The minimum Gasteiger partial charge on any atom is -0.322 e. The van der Waals surface area contributed by atoms with Gasteiger partial charge in [-0.1, -0.05) is 24.3 Å². The second kappa shape index (κ2) is 5.02. The van der Waals surface area contributed by atoms with Gasteiger partial charge in [-0.15, -0.1) is 0 Å². The van der Waals surface area contributed by atoms with Crippen LogP contribution in [0.25, 0.3) is 0 Å². The molecular weight excluding hydrogens is 242 g/mol. The lowest BCUT2D eigenvalue weighted by Gasteiger charge is -2.25. The minimum absolute atomic E-state index is 0.0719. The first-order valence-electron chi connectivity index (χ1n) is 5.96. The van der Waals surface area contributed by atoms with Crippen molar-refractivity contribution < 1.29 is 4.79 Å². The van der Waals surface area contributed by atoms with E-state index >= 15 is 0 Å². The van der Waals surface area contributed by atoms with Gasteiger partial charge in [-0.3, -0.25) is 4.79 Å². The molecule has 18 heavy (non-hydrogen) atoms. The summed E-state index contributed by atoms with van der Waals surface area (Å²) in [6.45, 7) is 4.09. The van der Waals surface area contributed by atoms with Crippen LogP contribution in [0.4, 0.5) is 0 Å². The van der Waals surface area contributed by atoms with E-state index in [2.05, 4.69) is 24.9 Å². The lowest BCUT2D eigenvalue weighted by Crippen LogP contribution is -2.27. The SMILES string of the molecule is CC1=C(NC(=O)c2ccccc2)C=CC(C)(S)C1. The number of allylic oxidation sites excluding steroid dienone is 2. The standard InChI is InChI=1S/C15H17NOS/c1-11-10-15(2,18)9-8-13(11)16-14(17)12-6-4-3-5-7-12/h3-9,18H,10H2,1-2H3,(H,16,17). The number of nitrogens with one attached hydrogen (secondary N) is 1. The van der Waals surface area contributed by atoms with Crippen molar-refractivity contribution in [2.75, 3.05) is 0 Å². The van der Waals surface area contributed by atoms with E-state index < -0.39 is 0 Å². The van der Waals surface area contributed by atoms with Crippen molar-refractivity contribution in [3.63, 3.8) is 0 Å². The third-order valence-electron chi connectivity index (χ3n) is 2.98. The average molecular weight is 259 g/mol. The van der Waals surface area contributed by atoms with Crippen molar-refractivity contribution in [1.82, 2.24) is 5.32 Å². The maximum absolute atomic E-state index is 12.0. The summed E-state index contributed by atoms with van der Waals surface area (Å²) in [4.78, 5) is 12.0. The van der Waals surface area contributed by atoms with Crippen molar-refractivity contribution in [1.29, 1.82) is 0 Å². The smallest absolute Gasteiger partial charge is 0.255 e. The van der Waals surface area contributed by atoms with E-state index in [0.717, 1.165) is 17.7 Å². The monoisotopic (exact) mass is 259 g/mol. The van der Waals surface area contributed by atoms with Gasteiger partial charge in [0.05, 0.1) is 0 Å². The molecule has 2 nitrogen and oxygen atoms in total. The van der Waals surface area contributed by atoms with Crippen LogP contribution in [0.15, 0.2) is 53.8 Å². The van der Waals surface area contributed by atoms with E-state index in [1.165, 1.54) is 0 Å². The third kappa shape index (κ3) is 3.05. The molecule has 0 heterocycles. The van der Waals surface area contributed by atoms with Gasteiger partial charge in [-0.2, -0.15) is 12.6 Å². The highest BCUT2D eigenvalue weighted by Gasteiger charge is 2.22. The Bertz CT molecular complexity index is 515. The molecule has 1 amide bonds. The van der Waals surface area contributed by atoms with Gasteiger partial charge < -0.3 is 5.32 Å². The van der Waals surface area contributed by atoms with Crippen LogP contribution in [0.3, 0.4) is 0 Å². The highest BCUT2D eigenvalue weighted by atomic mass is 32.1. The Balaban J connectivity index is 2.12. The van der Waals surface area contributed by atoms with E-state index in [9.17, 15) is 4.79 Å². The number of thiol groups is 1. The molecule has 1 N–H and O–H groups in total. The van der Waals surface area contributed by atoms with Crippen molar-refractivity contribution in [2.24, 2.45) is 0 Å². The first-order chi connectivity index (χ1) is 8.48. The quantitative estimate of drug-likeness (QED) is 0.784. The van der Waals surface area contributed by atoms with E-state index in [4.69, 9.17) is 0 Å². The molecule has 0 saturated carbocycles. The fourth-order valence-corrected chi connectivity index (χ4v) is 2.34. The number of hydrogen-bond acceptors (Lipinski definition) is 2. The Morgan fingerprint density at radius 2 is 2.00 bits per heavy atom. The topological polar surface area (TPSA) is 29.1 Å². The minimum atomic E-state index is -0.120. The maximum Gasteiger partial charge on any atom is 0.255 e. The summed E-state index contributed by atoms with van der Waals surface area (Å²) in [6.07, 6.45) is 4.80. The molecule has 2 rings (SSSR count). The van der Waals surface area contributed by atoms with E-state index in [1.54, 1.807) is 12.1 Å². The molecule has 0 aliphatic heterocycles. The first-order valence-corrected chi connectivity index (χ1v) is 6.40. The molecule has 1 atom stereocenters. The number of rotatable bonds is 2. The van der Waals surface area contributed by atoms with Crippen LogP contribution in [-0.4, -0.2) is 10.7 Å². The molecule has 1 aromatic carbocycles. The molecule has 1 aliphatic carbocycles. The zero-order valence-electron chi connectivity index (χ0n) is 10.6. The van der Waals surface area contributed by atoms with Crippen LogP contribution >= 0.6 is 12.6 Å². The van der Waals surface area contributed by atoms with E-state index in [-0.39, 0.29) is 10.7 Å². The number of benzene rings is 1.